The molecule has 3 aliphatic carbocycles. The van der Waals surface area contributed by atoms with Crippen LogP contribution in [0.1, 0.15) is 52.4 Å². The van der Waals surface area contributed by atoms with Crippen molar-refractivity contribution in [1.29, 1.82) is 0 Å². The Kier molecular flexibility index (Phi) is 3.61. The molecule has 2 unspecified atom stereocenters. The lowest BCUT2D eigenvalue weighted by atomic mass is 9.43. The van der Waals surface area contributed by atoms with Crippen LogP contribution in [-0.4, -0.2) is 48.0 Å². The zero-order chi connectivity index (χ0) is 18.1. The number of carbonyl (C=O) groups is 1. The summed E-state index contributed by atoms with van der Waals surface area (Å²) in [5, 5.41) is 15.5. The highest BCUT2D eigenvalue weighted by molar-refractivity contribution is 5.75. The molecule has 6 nitrogen and oxygen atoms in total. The minimum absolute atomic E-state index is 0.00901. The van der Waals surface area contributed by atoms with E-state index in [9.17, 15) is 14.8 Å². The van der Waals surface area contributed by atoms with E-state index in [4.69, 9.17) is 9.47 Å². The van der Waals surface area contributed by atoms with E-state index in [1.807, 2.05) is 6.92 Å². The highest BCUT2D eigenvalue weighted by Crippen LogP contribution is 2.69. The normalized spacial score (nSPS) is 51.2. The minimum Gasteiger partial charge on any atom is -0.387 e. The van der Waals surface area contributed by atoms with E-state index >= 15 is 0 Å². The number of aliphatic hydroxyl groups is 1. The van der Waals surface area contributed by atoms with Crippen LogP contribution in [0.2, 0.25) is 0 Å². The largest absolute Gasteiger partial charge is 0.387 e. The lowest BCUT2D eigenvalue weighted by Crippen LogP contribution is -2.71. The van der Waals surface area contributed by atoms with Crippen molar-refractivity contribution in [3.8, 4) is 0 Å². The summed E-state index contributed by atoms with van der Waals surface area (Å²) in [5.74, 6) is 0.0318. The summed E-state index contributed by atoms with van der Waals surface area (Å²) in [6.07, 6.45) is 4.39. The van der Waals surface area contributed by atoms with Crippen LogP contribution in [0.4, 0.5) is 0 Å². The minimum atomic E-state index is -1.21. The topological polar surface area (TPSA) is 88.5 Å². The zero-order valence-corrected chi connectivity index (χ0v) is 15.2. The third kappa shape index (κ3) is 1.99. The van der Waals surface area contributed by atoms with E-state index in [1.54, 1.807) is 7.11 Å². The first kappa shape index (κ1) is 17.3. The van der Waals surface area contributed by atoms with Crippen molar-refractivity contribution < 1.29 is 19.4 Å². The molecule has 25 heavy (non-hydrogen) atoms. The Morgan fingerprint density at radius 1 is 1.40 bits per heavy atom. The standard InChI is InChI=1S/C19H27NO5/c1-16-6-4-12(9-21)13(10-24-3)14(16)5-7-18(20-23)11-17(2)15(25-17)8-19(16,18)22/h9,14-15,22H,4-8,10-11H2,1-3H3/t14?,15?,16-,17+,18+,19+/m0/s1. The lowest BCUT2D eigenvalue weighted by Gasteiger charge is -2.63. The summed E-state index contributed by atoms with van der Waals surface area (Å²) < 4.78 is 11.2. The Bertz CT molecular complexity index is 662. The molecule has 0 aromatic carbocycles. The van der Waals surface area contributed by atoms with Crippen LogP contribution in [0.25, 0.3) is 0 Å². The third-order valence-electron chi connectivity index (χ3n) is 7.85. The fourth-order valence-corrected chi connectivity index (χ4v) is 6.29. The molecule has 0 aromatic rings. The van der Waals surface area contributed by atoms with Gasteiger partial charge < -0.3 is 14.6 Å². The summed E-state index contributed by atoms with van der Waals surface area (Å²) in [5.41, 5.74) is -1.26. The molecule has 0 spiro atoms. The molecule has 6 atom stereocenters. The van der Waals surface area contributed by atoms with Crippen LogP contribution in [-0.2, 0) is 14.3 Å². The molecular weight excluding hydrogens is 322 g/mol. The van der Waals surface area contributed by atoms with Gasteiger partial charge in [-0.3, -0.25) is 4.79 Å². The van der Waals surface area contributed by atoms with Crippen LogP contribution < -0.4 is 0 Å². The van der Waals surface area contributed by atoms with Crippen molar-refractivity contribution in [2.45, 2.75) is 75.2 Å². The first-order valence-corrected chi connectivity index (χ1v) is 9.20. The smallest absolute Gasteiger partial charge is 0.146 e. The second kappa shape index (κ2) is 5.21. The van der Waals surface area contributed by atoms with Crippen molar-refractivity contribution in [1.82, 2.24) is 0 Å². The fourth-order valence-electron chi connectivity index (χ4n) is 6.29. The van der Waals surface area contributed by atoms with E-state index < -0.39 is 16.6 Å². The van der Waals surface area contributed by atoms with E-state index in [0.717, 1.165) is 23.9 Å². The molecule has 1 heterocycles. The van der Waals surface area contributed by atoms with Crippen molar-refractivity contribution in [3.63, 3.8) is 0 Å². The maximum atomic E-state index is 12.0. The SMILES string of the molecule is COCC1=C(C=O)CC[C@@]2(C)C1CC[C@@]1(N=O)C[C@@]3(C)OC3C[C@]12O. The molecule has 1 aliphatic heterocycles. The van der Waals surface area contributed by atoms with Crippen LogP contribution >= 0.6 is 0 Å². The van der Waals surface area contributed by atoms with Gasteiger partial charge in [0.1, 0.15) is 17.4 Å². The number of epoxide rings is 1. The first-order chi connectivity index (χ1) is 11.8. The second-order valence-electron chi connectivity index (χ2n) is 8.89. The summed E-state index contributed by atoms with van der Waals surface area (Å²) in [6.45, 7) is 4.48. The predicted octanol–water partition coefficient (Wildman–Crippen LogP) is 2.53. The molecule has 4 rings (SSSR count). The van der Waals surface area contributed by atoms with Crippen LogP contribution in [0.15, 0.2) is 16.3 Å². The quantitative estimate of drug-likeness (QED) is 0.479. The Morgan fingerprint density at radius 3 is 2.80 bits per heavy atom. The number of allylic oxidation sites excluding steroid dienone is 1. The molecule has 1 saturated heterocycles. The zero-order valence-electron chi connectivity index (χ0n) is 15.2. The van der Waals surface area contributed by atoms with Gasteiger partial charge in [0.2, 0.25) is 0 Å². The number of hydrogen-bond donors (Lipinski definition) is 1. The molecule has 0 bridgehead atoms. The Balaban J connectivity index is 1.81. The number of hydrogen-bond acceptors (Lipinski definition) is 6. The van der Waals surface area contributed by atoms with Gasteiger partial charge in [-0.15, -0.1) is 0 Å². The van der Waals surface area contributed by atoms with Gasteiger partial charge in [0.25, 0.3) is 0 Å². The number of nitroso groups, excluding NO2 is 1. The van der Waals surface area contributed by atoms with Gasteiger partial charge in [0.15, 0.2) is 0 Å². The second-order valence-corrected chi connectivity index (χ2v) is 8.89. The molecule has 3 fully saturated rings. The number of methoxy groups -OCH3 is 1. The van der Waals surface area contributed by atoms with Gasteiger partial charge in [-0.05, 0) is 49.7 Å². The molecule has 4 aliphatic rings. The first-order valence-electron chi connectivity index (χ1n) is 9.20. The van der Waals surface area contributed by atoms with Gasteiger partial charge in [-0.1, -0.05) is 12.1 Å². The maximum Gasteiger partial charge on any atom is 0.146 e. The molecular formula is C19H27NO5. The molecule has 2 saturated carbocycles. The summed E-state index contributed by atoms with van der Waals surface area (Å²) >= 11 is 0. The van der Waals surface area contributed by atoms with Gasteiger partial charge in [0, 0.05) is 25.4 Å². The number of carbonyl (C=O) groups excluding carboxylic acids is 1. The van der Waals surface area contributed by atoms with E-state index in [0.29, 0.717) is 38.7 Å². The lowest BCUT2D eigenvalue weighted by molar-refractivity contribution is -0.198. The van der Waals surface area contributed by atoms with Gasteiger partial charge in [0.05, 0.1) is 18.3 Å². The summed E-state index contributed by atoms with van der Waals surface area (Å²) in [6, 6.07) is 0. The number of aldehydes is 1. The van der Waals surface area contributed by atoms with E-state index in [-0.39, 0.29) is 17.6 Å². The maximum absolute atomic E-state index is 12.0. The van der Waals surface area contributed by atoms with Gasteiger partial charge in [-0.2, -0.15) is 4.91 Å². The van der Waals surface area contributed by atoms with Gasteiger partial charge >= 0.3 is 0 Å². The average Bonchev–Trinajstić information content (AvgIpc) is 3.22. The number of rotatable bonds is 4. The molecule has 6 heteroatoms. The van der Waals surface area contributed by atoms with Crippen LogP contribution in [0, 0.1) is 16.2 Å². The third-order valence-corrected chi connectivity index (χ3v) is 7.85. The number of nitrogens with zero attached hydrogens (tertiary/aromatic N) is 1. The highest BCUT2D eigenvalue weighted by Gasteiger charge is 2.76. The molecule has 0 amide bonds. The molecule has 1 N–H and O–H groups in total. The fraction of sp³-hybridized carbons (Fsp3) is 0.842. The average molecular weight is 349 g/mol. The Morgan fingerprint density at radius 2 is 2.16 bits per heavy atom. The van der Waals surface area contributed by atoms with Crippen LogP contribution in [0.3, 0.4) is 0 Å². The van der Waals surface area contributed by atoms with Crippen LogP contribution in [0.5, 0.6) is 0 Å². The Labute approximate surface area is 147 Å². The van der Waals surface area contributed by atoms with Crippen molar-refractivity contribution in [2.24, 2.45) is 16.5 Å². The summed E-state index contributed by atoms with van der Waals surface area (Å²) in [7, 11) is 1.63. The number of ether oxygens (including phenoxy) is 2. The van der Waals surface area contributed by atoms with Crippen molar-refractivity contribution in [3.05, 3.63) is 16.1 Å². The monoisotopic (exact) mass is 349 g/mol. The van der Waals surface area contributed by atoms with Crippen molar-refractivity contribution >= 4 is 6.29 Å². The molecule has 0 aromatic heterocycles. The predicted molar refractivity (Wildman–Crippen MR) is 91.0 cm³/mol. The van der Waals surface area contributed by atoms with Crippen molar-refractivity contribution in [2.75, 3.05) is 13.7 Å². The summed E-state index contributed by atoms with van der Waals surface area (Å²) in [4.78, 5) is 23.6. The molecule has 0 radical (unpaired) electrons. The number of fused-ring (bicyclic) bond motifs is 4. The van der Waals surface area contributed by atoms with E-state index in [2.05, 4.69) is 12.1 Å². The van der Waals surface area contributed by atoms with E-state index in [1.165, 1.54) is 0 Å². The molecule has 138 valence electrons. The highest BCUT2D eigenvalue weighted by atomic mass is 16.6. The Hall–Kier alpha value is -1.11. The van der Waals surface area contributed by atoms with Gasteiger partial charge in [-0.25, -0.2) is 0 Å².